The lowest BCUT2D eigenvalue weighted by molar-refractivity contribution is -0.132. The zero-order chi connectivity index (χ0) is 20.5. The van der Waals surface area contributed by atoms with E-state index in [0.29, 0.717) is 31.0 Å². The van der Waals surface area contributed by atoms with Crippen molar-refractivity contribution in [2.45, 2.75) is 31.7 Å². The summed E-state index contributed by atoms with van der Waals surface area (Å²) in [6.07, 6.45) is 6.05. The van der Waals surface area contributed by atoms with E-state index in [1.807, 2.05) is 33.7 Å². The quantitative estimate of drug-likeness (QED) is 0.505. The second-order valence-electron chi connectivity index (χ2n) is 7.36. The fourth-order valence-corrected chi connectivity index (χ4v) is 3.95. The van der Waals surface area contributed by atoms with Gasteiger partial charge in [0.25, 0.3) is 0 Å². The number of aryl methyl sites for hydroxylation is 1. The first kappa shape index (κ1) is 18.5. The van der Waals surface area contributed by atoms with E-state index in [4.69, 9.17) is 4.42 Å². The Morgan fingerprint density at radius 3 is 2.90 bits per heavy atom. The first-order chi connectivity index (χ1) is 14.7. The van der Waals surface area contributed by atoms with Gasteiger partial charge in [-0.25, -0.2) is 9.37 Å². The smallest absolute Gasteiger partial charge is 0.223 e. The molecule has 152 valence electrons. The molecule has 5 rings (SSSR count). The van der Waals surface area contributed by atoms with E-state index in [1.165, 1.54) is 12.1 Å². The van der Waals surface area contributed by atoms with Gasteiger partial charge >= 0.3 is 0 Å². The number of oxazole rings is 1. The number of rotatable bonds is 5. The third-order valence-electron chi connectivity index (χ3n) is 5.45. The van der Waals surface area contributed by atoms with Gasteiger partial charge in [0.05, 0.1) is 12.2 Å². The zero-order valence-corrected chi connectivity index (χ0v) is 16.2. The molecule has 0 bridgehead atoms. The molecule has 0 N–H and O–H groups in total. The van der Waals surface area contributed by atoms with Crippen molar-refractivity contribution in [2.75, 3.05) is 6.54 Å². The maximum Gasteiger partial charge on any atom is 0.223 e. The summed E-state index contributed by atoms with van der Waals surface area (Å²) in [5, 5.41) is 8.55. The molecule has 1 amide bonds. The van der Waals surface area contributed by atoms with Crippen LogP contribution < -0.4 is 0 Å². The highest BCUT2D eigenvalue weighted by Gasteiger charge is 2.33. The average Bonchev–Trinajstić information content (AvgIpc) is 3.51. The zero-order valence-electron chi connectivity index (χ0n) is 16.2. The average molecular weight is 405 g/mol. The number of hydrogen-bond donors (Lipinski definition) is 0. The molecule has 1 aliphatic rings. The van der Waals surface area contributed by atoms with Gasteiger partial charge in [-0.2, -0.15) is 0 Å². The Morgan fingerprint density at radius 2 is 2.03 bits per heavy atom. The second-order valence-corrected chi connectivity index (χ2v) is 7.36. The van der Waals surface area contributed by atoms with Crippen LogP contribution >= 0.6 is 0 Å². The second kappa shape index (κ2) is 7.70. The maximum atomic E-state index is 13.1. The minimum atomic E-state index is -0.301. The van der Waals surface area contributed by atoms with Crippen LogP contribution in [-0.2, 0) is 11.2 Å². The van der Waals surface area contributed by atoms with Crippen molar-refractivity contribution in [3.63, 3.8) is 0 Å². The first-order valence-electron chi connectivity index (χ1n) is 9.99. The van der Waals surface area contributed by atoms with Gasteiger partial charge in [0, 0.05) is 31.1 Å². The molecule has 1 saturated heterocycles. The van der Waals surface area contributed by atoms with Gasteiger partial charge < -0.3 is 9.32 Å². The number of likely N-dealkylation sites (tertiary alicyclic amines) is 1. The summed E-state index contributed by atoms with van der Waals surface area (Å²) in [5.74, 6) is 1.60. The summed E-state index contributed by atoms with van der Waals surface area (Å²) in [7, 11) is 0. The lowest BCUT2D eigenvalue weighted by atomic mass is 10.2. The molecule has 1 aromatic carbocycles. The van der Waals surface area contributed by atoms with Crippen molar-refractivity contribution in [2.24, 2.45) is 0 Å². The van der Waals surface area contributed by atoms with Crippen LogP contribution in [0.2, 0.25) is 0 Å². The molecule has 0 spiro atoms. The third kappa shape index (κ3) is 3.45. The normalized spacial score (nSPS) is 16.4. The van der Waals surface area contributed by atoms with Gasteiger partial charge in [-0.3, -0.25) is 9.20 Å². The van der Waals surface area contributed by atoms with Gasteiger partial charge in [0.1, 0.15) is 5.82 Å². The van der Waals surface area contributed by atoms with Crippen molar-refractivity contribution < 1.29 is 13.6 Å². The van der Waals surface area contributed by atoms with Crippen LogP contribution in [0.5, 0.6) is 0 Å². The van der Waals surface area contributed by atoms with Gasteiger partial charge in [-0.05, 0) is 49.2 Å². The van der Waals surface area contributed by atoms with Crippen LogP contribution in [0.4, 0.5) is 4.39 Å². The molecule has 4 aromatic rings. The van der Waals surface area contributed by atoms with E-state index in [9.17, 15) is 9.18 Å². The lowest BCUT2D eigenvalue weighted by Gasteiger charge is -2.23. The van der Waals surface area contributed by atoms with Crippen LogP contribution in [-0.4, -0.2) is 36.9 Å². The Labute approximate surface area is 172 Å². The molecule has 30 heavy (non-hydrogen) atoms. The first-order valence-corrected chi connectivity index (χ1v) is 9.99. The van der Waals surface area contributed by atoms with Crippen molar-refractivity contribution >= 4 is 11.6 Å². The predicted octanol–water partition coefficient (Wildman–Crippen LogP) is 3.82. The van der Waals surface area contributed by atoms with Crippen LogP contribution in [0.1, 0.15) is 37.0 Å². The lowest BCUT2D eigenvalue weighted by Crippen LogP contribution is -2.31. The number of nitrogens with zero attached hydrogens (tertiary/aromatic N) is 5. The maximum absolute atomic E-state index is 13.1. The Morgan fingerprint density at radius 1 is 1.17 bits per heavy atom. The number of aromatic nitrogens is 4. The SMILES string of the molecule is O=C(CCc1ncc(-c2ccc(F)cc2)o1)N1CCCC1c1nnc2ccccn12. The largest absolute Gasteiger partial charge is 0.441 e. The Balaban J connectivity index is 1.27. The molecule has 8 heteroatoms. The van der Waals surface area contributed by atoms with Crippen LogP contribution in [0.3, 0.4) is 0 Å². The van der Waals surface area contributed by atoms with Crippen LogP contribution in [0.15, 0.2) is 59.3 Å². The number of fused-ring (bicyclic) bond motifs is 1. The number of hydrogen-bond acceptors (Lipinski definition) is 5. The highest BCUT2D eigenvalue weighted by molar-refractivity contribution is 5.77. The fourth-order valence-electron chi connectivity index (χ4n) is 3.95. The summed E-state index contributed by atoms with van der Waals surface area (Å²) in [6, 6.07) is 11.7. The molecular weight excluding hydrogens is 385 g/mol. The fraction of sp³-hybridized carbons (Fsp3) is 0.273. The van der Waals surface area contributed by atoms with Gasteiger partial charge in [0.2, 0.25) is 5.91 Å². The monoisotopic (exact) mass is 405 g/mol. The molecule has 0 saturated carbocycles. The molecule has 1 atom stereocenters. The van der Waals surface area contributed by atoms with E-state index >= 15 is 0 Å². The van der Waals surface area contributed by atoms with Gasteiger partial charge in [-0.1, -0.05) is 6.07 Å². The topological polar surface area (TPSA) is 76.5 Å². The predicted molar refractivity (Wildman–Crippen MR) is 107 cm³/mol. The number of halogens is 1. The van der Waals surface area contributed by atoms with Crippen molar-refractivity contribution in [1.82, 2.24) is 24.5 Å². The van der Waals surface area contributed by atoms with Crippen LogP contribution in [0, 0.1) is 5.82 Å². The number of benzene rings is 1. The van der Waals surface area contributed by atoms with Gasteiger partial charge in [0.15, 0.2) is 23.1 Å². The molecule has 3 aromatic heterocycles. The van der Waals surface area contributed by atoms with E-state index in [0.717, 1.165) is 29.9 Å². The Kier molecular flexibility index (Phi) is 4.74. The van der Waals surface area contributed by atoms with Crippen molar-refractivity contribution in [3.05, 3.63) is 72.4 Å². The van der Waals surface area contributed by atoms with E-state index in [-0.39, 0.29) is 17.8 Å². The number of carbonyl (C=O) groups is 1. The van der Waals surface area contributed by atoms with Crippen molar-refractivity contribution in [3.8, 4) is 11.3 Å². The highest BCUT2D eigenvalue weighted by atomic mass is 19.1. The summed E-state index contributed by atoms with van der Waals surface area (Å²) < 4.78 is 20.8. The molecule has 1 unspecified atom stereocenters. The summed E-state index contributed by atoms with van der Waals surface area (Å²) in [4.78, 5) is 19.1. The molecule has 7 nitrogen and oxygen atoms in total. The molecule has 0 aliphatic carbocycles. The Bertz CT molecular complexity index is 1180. The molecule has 1 fully saturated rings. The van der Waals surface area contributed by atoms with Gasteiger partial charge in [-0.15, -0.1) is 10.2 Å². The molecule has 1 aliphatic heterocycles. The summed E-state index contributed by atoms with van der Waals surface area (Å²) in [5.41, 5.74) is 1.53. The number of pyridine rings is 1. The summed E-state index contributed by atoms with van der Waals surface area (Å²) in [6.45, 7) is 0.706. The van der Waals surface area contributed by atoms with E-state index in [1.54, 1.807) is 18.3 Å². The molecule has 4 heterocycles. The minimum absolute atomic E-state index is 0.0479. The Hall–Kier alpha value is -3.55. The molecule has 0 radical (unpaired) electrons. The van der Waals surface area contributed by atoms with E-state index < -0.39 is 0 Å². The van der Waals surface area contributed by atoms with Crippen molar-refractivity contribution in [1.29, 1.82) is 0 Å². The molecular formula is C22H20FN5O2. The number of carbonyl (C=O) groups excluding carboxylic acids is 1. The minimum Gasteiger partial charge on any atom is -0.441 e. The highest BCUT2D eigenvalue weighted by Crippen LogP contribution is 2.32. The van der Waals surface area contributed by atoms with Crippen LogP contribution in [0.25, 0.3) is 17.0 Å². The summed E-state index contributed by atoms with van der Waals surface area (Å²) >= 11 is 0. The number of amides is 1. The standard InChI is InChI=1S/C22H20FN5O2/c23-16-8-6-15(7-9-16)18-14-24-20(30-18)10-11-21(29)27-13-3-4-17(27)22-26-25-19-5-1-2-12-28(19)22/h1-2,5-9,12,14,17H,3-4,10-11,13H2. The van der Waals surface area contributed by atoms with E-state index in [2.05, 4.69) is 15.2 Å². The third-order valence-corrected chi connectivity index (χ3v) is 5.45.